The molecule has 2 unspecified atom stereocenters. The Morgan fingerprint density at radius 2 is 1.76 bits per heavy atom. The van der Waals surface area contributed by atoms with Gasteiger partial charge < -0.3 is 4.74 Å². The van der Waals surface area contributed by atoms with Gasteiger partial charge in [-0.25, -0.2) is 22.3 Å². The van der Waals surface area contributed by atoms with E-state index in [1.165, 1.54) is 42.5 Å². The maximum Gasteiger partial charge on any atom is 0.330 e. The monoisotopic (exact) mass is 452 g/mol. The summed E-state index contributed by atoms with van der Waals surface area (Å²) in [5.74, 6) is -5.04. The highest BCUT2D eigenvalue weighted by Gasteiger charge is 2.40. The van der Waals surface area contributed by atoms with Crippen molar-refractivity contribution >= 4 is 27.9 Å². The average molecular weight is 452 g/mol. The zero-order valence-electron chi connectivity index (χ0n) is 14.6. The first-order valence-corrected chi connectivity index (χ1v) is 10.3. The van der Waals surface area contributed by atoms with Crippen molar-refractivity contribution in [2.45, 2.75) is 28.7 Å². The van der Waals surface area contributed by atoms with Crippen LogP contribution < -0.4 is 9.86 Å². The van der Waals surface area contributed by atoms with Crippen LogP contribution in [0.5, 0.6) is 0 Å². The van der Waals surface area contributed by atoms with Crippen molar-refractivity contribution in [2.75, 3.05) is 6.61 Å². The lowest BCUT2D eigenvalue weighted by Gasteiger charge is -2.15. The molecule has 12 heteroatoms. The molecule has 2 aromatic rings. The van der Waals surface area contributed by atoms with Crippen LogP contribution >= 0.6 is 0 Å². The van der Waals surface area contributed by atoms with E-state index in [1.807, 2.05) is 0 Å². The number of alkyl halides is 4. The lowest BCUT2D eigenvalue weighted by Crippen LogP contribution is -2.32. The molecule has 0 heterocycles. The van der Waals surface area contributed by atoms with E-state index in [9.17, 15) is 30.8 Å². The molecule has 29 heavy (non-hydrogen) atoms. The quantitative estimate of drug-likeness (QED) is 0.572. The molecule has 0 aliphatic rings. The van der Waals surface area contributed by atoms with Crippen LogP contribution in [-0.2, 0) is 33.3 Å². The van der Waals surface area contributed by atoms with Gasteiger partial charge in [0.2, 0.25) is 0 Å². The van der Waals surface area contributed by atoms with Crippen LogP contribution in [0.1, 0.15) is 15.9 Å². The van der Waals surface area contributed by atoms with Gasteiger partial charge in [0.15, 0.2) is 11.0 Å². The van der Waals surface area contributed by atoms with E-state index in [-0.39, 0.29) is 20.9 Å². The fourth-order valence-corrected chi connectivity index (χ4v) is 3.94. The SMILES string of the molecule is NS(=O)c1ccccc1S(=O)NC(=O)c1cccc(COCC(F)(F)C(F)F)c1. The highest BCUT2D eigenvalue weighted by atomic mass is 32.2. The zero-order valence-corrected chi connectivity index (χ0v) is 16.3. The molecule has 0 aliphatic heterocycles. The first kappa shape index (κ1) is 23.1. The number of hydrogen-bond acceptors (Lipinski definition) is 4. The number of nitrogens with one attached hydrogen (secondary N) is 1. The highest BCUT2D eigenvalue weighted by Crippen LogP contribution is 2.23. The Bertz CT molecular complexity index is 928. The molecule has 0 saturated carbocycles. The number of amides is 1. The minimum absolute atomic E-state index is 0.0337. The van der Waals surface area contributed by atoms with E-state index >= 15 is 0 Å². The molecule has 0 radical (unpaired) electrons. The lowest BCUT2D eigenvalue weighted by atomic mass is 10.1. The van der Waals surface area contributed by atoms with Crippen molar-refractivity contribution in [3.63, 3.8) is 0 Å². The van der Waals surface area contributed by atoms with E-state index in [2.05, 4.69) is 9.46 Å². The van der Waals surface area contributed by atoms with Crippen LogP contribution in [-0.4, -0.2) is 33.3 Å². The second-order valence-corrected chi connectivity index (χ2v) is 7.92. The normalized spacial score (nSPS) is 13.9. The van der Waals surface area contributed by atoms with Gasteiger partial charge >= 0.3 is 12.3 Å². The smallest absolute Gasteiger partial charge is 0.330 e. The van der Waals surface area contributed by atoms with Crippen LogP contribution in [0.25, 0.3) is 0 Å². The van der Waals surface area contributed by atoms with Gasteiger partial charge in [-0.3, -0.25) is 9.52 Å². The molecule has 0 fully saturated rings. The molecule has 0 bridgehead atoms. The molecule has 0 spiro atoms. The van der Waals surface area contributed by atoms with Gasteiger partial charge in [0, 0.05) is 5.56 Å². The number of carbonyl (C=O) groups is 1. The Hall–Kier alpha value is -2.15. The van der Waals surface area contributed by atoms with Crippen molar-refractivity contribution in [3.05, 3.63) is 59.7 Å². The van der Waals surface area contributed by atoms with E-state index in [0.29, 0.717) is 0 Å². The second-order valence-electron chi connectivity index (χ2n) is 5.70. The Morgan fingerprint density at radius 3 is 2.38 bits per heavy atom. The average Bonchev–Trinajstić information content (AvgIpc) is 2.67. The highest BCUT2D eigenvalue weighted by molar-refractivity contribution is 7.86. The summed E-state index contributed by atoms with van der Waals surface area (Å²) in [4.78, 5) is 12.5. The summed E-state index contributed by atoms with van der Waals surface area (Å²) in [6.07, 6.45) is -3.85. The van der Waals surface area contributed by atoms with Crippen molar-refractivity contribution in [1.82, 2.24) is 4.72 Å². The fraction of sp³-hybridized carbons (Fsp3) is 0.235. The Morgan fingerprint density at radius 1 is 1.10 bits per heavy atom. The Balaban J connectivity index is 2.04. The molecule has 0 saturated heterocycles. The summed E-state index contributed by atoms with van der Waals surface area (Å²) in [6, 6.07) is 11.4. The van der Waals surface area contributed by atoms with Gasteiger partial charge in [0.1, 0.15) is 17.6 Å². The molecular weight excluding hydrogens is 436 g/mol. The summed E-state index contributed by atoms with van der Waals surface area (Å²) in [5, 5.41) is 5.32. The molecule has 1 amide bonds. The van der Waals surface area contributed by atoms with E-state index < -0.39 is 53.4 Å². The molecule has 6 nitrogen and oxygen atoms in total. The largest absolute Gasteiger partial charge is 0.370 e. The molecule has 0 aliphatic carbocycles. The van der Waals surface area contributed by atoms with Gasteiger partial charge in [0.25, 0.3) is 5.91 Å². The van der Waals surface area contributed by atoms with E-state index in [4.69, 9.17) is 5.14 Å². The van der Waals surface area contributed by atoms with Gasteiger partial charge in [-0.1, -0.05) is 24.3 Å². The summed E-state index contributed by atoms with van der Waals surface area (Å²) in [7, 11) is -3.98. The van der Waals surface area contributed by atoms with Crippen molar-refractivity contribution in [3.8, 4) is 0 Å². The lowest BCUT2D eigenvalue weighted by molar-refractivity contribution is -0.168. The zero-order chi connectivity index (χ0) is 21.6. The molecule has 2 atom stereocenters. The number of ether oxygens (including phenoxy) is 1. The fourth-order valence-electron chi connectivity index (χ4n) is 2.14. The summed E-state index contributed by atoms with van der Waals surface area (Å²) >= 11 is 0. The minimum Gasteiger partial charge on any atom is -0.370 e. The molecule has 3 N–H and O–H groups in total. The predicted octanol–water partition coefficient (Wildman–Crippen LogP) is 2.54. The summed E-state index contributed by atoms with van der Waals surface area (Å²) in [6.45, 7) is -1.90. The number of carbonyl (C=O) groups excluding carboxylic acids is 1. The van der Waals surface area contributed by atoms with Crippen LogP contribution in [0.2, 0.25) is 0 Å². The first-order chi connectivity index (χ1) is 13.6. The van der Waals surface area contributed by atoms with Crippen LogP contribution in [0.3, 0.4) is 0 Å². The third kappa shape index (κ3) is 6.42. The van der Waals surface area contributed by atoms with Gasteiger partial charge in [-0.2, -0.15) is 8.78 Å². The molecule has 2 rings (SSSR count). The Kier molecular flexibility index (Phi) is 8.02. The van der Waals surface area contributed by atoms with Gasteiger partial charge in [-0.05, 0) is 29.8 Å². The number of rotatable bonds is 9. The van der Waals surface area contributed by atoms with Gasteiger partial charge in [-0.15, -0.1) is 0 Å². The van der Waals surface area contributed by atoms with Crippen molar-refractivity contribution in [1.29, 1.82) is 0 Å². The maximum atomic E-state index is 12.8. The van der Waals surface area contributed by atoms with Crippen LogP contribution in [0.15, 0.2) is 58.3 Å². The maximum absolute atomic E-state index is 12.8. The molecular formula is C17H16F4N2O4S2. The van der Waals surface area contributed by atoms with Gasteiger partial charge in [0.05, 0.1) is 16.4 Å². The third-order valence-electron chi connectivity index (χ3n) is 3.52. The number of benzene rings is 2. The standard InChI is InChI=1S/C17H16F4N2O4S2/c18-16(19)17(20,21)10-27-9-11-4-3-5-12(8-11)15(24)23-29(26)14-7-2-1-6-13(14)28(22)25/h1-8,16H,9-10,22H2,(H,23,24). The van der Waals surface area contributed by atoms with Crippen molar-refractivity contribution < 1.29 is 35.5 Å². The Labute approximate surface area is 168 Å². The van der Waals surface area contributed by atoms with Crippen LogP contribution in [0.4, 0.5) is 17.6 Å². The topological polar surface area (TPSA) is 98.5 Å². The molecule has 158 valence electrons. The van der Waals surface area contributed by atoms with E-state index in [1.54, 1.807) is 6.07 Å². The second kappa shape index (κ2) is 10.1. The number of nitrogens with two attached hydrogens (primary N) is 1. The van der Waals surface area contributed by atoms with Crippen LogP contribution in [0, 0.1) is 0 Å². The predicted molar refractivity (Wildman–Crippen MR) is 98.0 cm³/mol. The summed E-state index contributed by atoms with van der Waals surface area (Å²) in [5.41, 5.74) is 0.309. The third-order valence-corrected chi connectivity index (χ3v) is 5.57. The first-order valence-electron chi connectivity index (χ1n) is 7.92. The molecule has 2 aromatic carbocycles. The van der Waals surface area contributed by atoms with E-state index in [0.717, 1.165) is 0 Å². The number of hydrogen-bond donors (Lipinski definition) is 2. The number of halogens is 4. The van der Waals surface area contributed by atoms with Crippen molar-refractivity contribution in [2.24, 2.45) is 5.14 Å². The summed E-state index contributed by atoms with van der Waals surface area (Å²) < 4.78 is 80.6. The minimum atomic E-state index is -4.28. The molecule has 0 aromatic heterocycles.